The molecule has 0 saturated heterocycles. The second kappa shape index (κ2) is 6.24. The van der Waals surface area contributed by atoms with Crippen LogP contribution in [0.15, 0.2) is 35.1 Å². The molecule has 3 aromatic rings. The van der Waals surface area contributed by atoms with E-state index in [4.69, 9.17) is 14.5 Å². The molecule has 0 bridgehead atoms. The lowest BCUT2D eigenvalue weighted by Gasteiger charge is -2.31. The Balaban J connectivity index is 1.70. The van der Waals surface area contributed by atoms with Crippen molar-refractivity contribution in [3.8, 4) is 17.1 Å². The molecule has 0 aliphatic carbocycles. The first-order valence-corrected chi connectivity index (χ1v) is 9.61. The van der Waals surface area contributed by atoms with Crippen LogP contribution in [0.4, 0.5) is 0 Å². The molecule has 4 heterocycles. The SMILES string of the molecule is CCC1(O)C(=O)OCc2c1cc1n(c2=O)Cc2cc3cc(OC(C)=O)ccc3nc2-1. The second-order valence-electron chi connectivity index (χ2n) is 7.55. The van der Waals surface area contributed by atoms with Crippen LogP contribution in [0.5, 0.6) is 5.75 Å². The van der Waals surface area contributed by atoms with Crippen LogP contribution in [-0.2, 0) is 33.1 Å². The number of aliphatic hydroxyl groups is 1. The number of esters is 2. The summed E-state index contributed by atoms with van der Waals surface area (Å²) in [6, 6.07) is 8.71. The van der Waals surface area contributed by atoms with Crippen LogP contribution in [0.3, 0.4) is 0 Å². The Hall–Kier alpha value is -3.52. The highest BCUT2D eigenvalue weighted by atomic mass is 16.6. The maximum Gasteiger partial charge on any atom is 0.343 e. The van der Waals surface area contributed by atoms with E-state index >= 15 is 0 Å². The smallest absolute Gasteiger partial charge is 0.343 e. The lowest BCUT2D eigenvalue weighted by molar-refractivity contribution is -0.172. The van der Waals surface area contributed by atoms with E-state index in [2.05, 4.69) is 0 Å². The van der Waals surface area contributed by atoms with Crippen LogP contribution in [0.2, 0.25) is 0 Å². The van der Waals surface area contributed by atoms with E-state index in [1.807, 2.05) is 6.07 Å². The summed E-state index contributed by atoms with van der Waals surface area (Å²) in [6.45, 7) is 3.16. The van der Waals surface area contributed by atoms with Gasteiger partial charge in [-0.15, -0.1) is 0 Å². The zero-order chi connectivity index (χ0) is 21.2. The first-order valence-electron chi connectivity index (χ1n) is 9.61. The fourth-order valence-electron chi connectivity index (χ4n) is 4.19. The van der Waals surface area contributed by atoms with Gasteiger partial charge in [0, 0.05) is 23.4 Å². The molecule has 0 fully saturated rings. The van der Waals surface area contributed by atoms with Gasteiger partial charge in [0.1, 0.15) is 12.4 Å². The normalized spacial score (nSPS) is 19.1. The van der Waals surface area contributed by atoms with Crippen molar-refractivity contribution in [1.82, 2.24) is 9.55 Å². The molecule has 152 valence electrons. The number of carbonyl (C=O) groups is 2. The molecule has 2 aromatic heterocycles. The van der Waals surface area contributed by atoms with E-state index < -0.39 is 17.5 Å². The first-order chi connectivity index (χ1) is 14.3. The Bertz CT molecular complexity index is 1330. The maximum atomic E-state index is 13.1. The van der Waals surface area contributed by atoms with Crippen LogP contribution < -0.4 is 10.3 Å². The molecule has 1 N–H and O–H groups in total. The zero-order valence-electron chi connectivity index (χ0n) is 16.4. The monoisotopic (exact) mass is 406 g/mol. The van der Waals surface area contributed by atoms with Crippen molar-refractivity contribution in [2.45, 2.75) is 39.0 Å². The average molecular weight is 406 g/mol. The fraction of sp³-hybridized carbons (Fsp3) is 0.273. The number of hydrogen-bond acceptors (Lipinski definition) is 7. The van der Waals surface area contributed by atoms with E-state index in [-0.39, 0.29) is 29.7 Å². The van der Waals surface area contributed by atoms with E-state index in [1.54, 1.807) is 35.8 Å². The standard InChI is InChI=1S/C22H18N2O6/c1-3-22(28)16-8-18-19-13(9-24(18)20(26)15(16)10-29-21(22)27)6-12-7-14(30-11(2)25)4-5-17(12)23-19/h4-8,28H,3,9-10H2,1-2H3. The molecular weight excluding hydrogens is 388 g/mol. The maximum absolute atomic E-state index is 13.1. The van der Waals surface area contributed by atoms with Gasteiger partial charge in [-0.05, 0) is 36.8 Å². The average Bonchev–Trinajstić information content (AvgIpc) is 3.07. The van der Waals surface area contributed by atoms with Crippen molar-refractivity contribution in [3.63, 3.8) is 0 Å². The predicted octanol–water partition coefficient (Wildman–Crippen LogP) is 2.00. The number of carbonyl (C=O) groups excluding carboxylic acids is 2. The topological polar surface area (TPSA) is 108 Å². The van der Waals surface area contributed by atoms with Crippen molar-refractivity contribution in [2.75, 3.05) is 0 Å². The van der Waals surface area contributed by atoms with Crippen molar-refractivity contribution in [2.24, 2.45) is 0 Å². The molecule has 1 aromatic carbocycles. The lowest BCUT2D eigenvalue weighted by atomic mass is 9.86. The van der Waals surface area contributed by atoms with E-state index in [0.29, 0.717) is 29.2 Å². The van der Waals surface area contributed by atoms with Gasteiger partial charge < -0.3 is 19.1 Å². The van der Waals surface area contributed by atoms with E-state index in [1.165, 1.54) is 6.92 Å². The number of aromatic nitrogens is 2. The van der Waals surface area contributed by atoms with Crippen LogP contribution >= 0.6 is 0 Å². The molecular formula is C22H18N2O6. The minimum atomic E-state index is -1.85. The number of hydrogen-bond donors (Lipinski definition) is 1. The quantitative estimate of drug-likeness (QED) is 0.401. The number of pyridine rings is 2. The highest BCUT2D eigenvalue weighted by Crippen LogP contribution is 2.38. The summed E-state index contributed by atoms with van der Waals surface area (Å²) in [5, 5.41) is 11.7. The molecule has 0 spiro atoms. The summed E-state index contributed by atoms with van der Waals surface area (Å²) >= 11 is 0. The summed E-state index contributed by atoms with van der Waals surface area (Å²) in [7, 11) is 0. The van der Waals surface area contributed by atoms with Gasteiger partial charge in [0.2, 0.25) is 0 Å². The van der Waals surface area contributed by atoms with Crippen LogP contribution in [0, 0.1) is 0 Å². The largest absolute Gasteiger partial charge is 0.458 e. The Morgan fingerprint density at radius 2 is 2.10 bits per heavy atom. The Labute approximate surface area is 170 Å². The third-order valence-electron chi connectivity index (χ3n) is 5.74. The lowest BCUT2D eigenvalue weighted by Crippen LogP contribution is -2.44. The van der Waals surface area contributed by atoms with Gasteiger partial charge in [-0.3, -0.25) is 9.59 Å². The number of nitrogens with zero attached hydrogens (tertiary/aromatic N) is 2. The summed E-state index contributed by atoms with van der Waals surface area (Å²) < 4.78 is 11.8. The molecule has 0 radical (unpaired) electrons. The molecule has 0 saturated carbocycles. The van der Waals surface area contributed by atoms with Gasteiger partial charge in [-0.2, -0.15) is 0 Å². The van der Waals surface area contributed by atoms with Gasteiger partial charge in [0.15, 0.2) is 5.60 Å². The highest BCUT2D eigenvalue weighted by Gasteiger charge is 2.45. The fourth-order valence-corrected chi connectivity index (χ4v) is 4.19. The van der Waals surface area contributed by atoms with Crippen molar-refractivity contribution >= 4 is 22.8 Å². The molecule has 2 aliphatic heterocycles. The minimum absolute atomic E-state index is 0.0959. The van der Waals surface area contributed by atoms with Gasteiger partial charge in [-0.25, -0.2) is 9.78 Å². The molecule has 5 rings (SSSR count). The molecule has 8 nitrogen and oxygen atoms in total. The van der Waals surface area contributed by atoms with Crippen LogP contribution in [0.25, 0.3) is 22.3 Å². The van der Waals surface area contributed by atoms with E-state index in [9.17, 15) is 19.5 Å². The first kappa shape index (κ1) is 18.5. The molecule has 2 aliphatic rings. The second-order valence-corrected chi connectivity index (χ2v) is 7.55. The molecule has 30 heavy (non-hydrogen) atoms. The molecule has 8 heteroatoms. The summed E-state index contributed by atoms with van der Waals surface area (Å²) in [6.07, 6.45) is 0.0959. The Morgan fingerprint density at radius 1 is 1.30 bits per heavy atom. The summed E-state index contributed by atoms with van der Waals surface area (Å²) in [5.41, 5.74) is 1.11. The van der Waals surface area contributed by atoms with Crippen LogP contribution in [-0.4, -0.2) is 26.6 Å². The van der Waals surface area contributed by atoms with E-state index in [0.717, 1.165) is 10.9 Å². The van der Waals surface area contributed by atoms with Gasteiger partial charge in [-0.1, -0.05) is 6.92 Å². The zero-order valence-corrected chi connectivity index (χ0v) is 16.4. The summed E-state index contributed by atoms with van der Waals surface area (Å²) in [4.78, 5) is 41.3. The molecule has 1 atom stereocenters. The van der Waals surface area contributed by atoms with Gasteiger partial charge in [0.05, 0.1) is 29.0 Å². The van der Waals surface area contributed by atoms with Crippen molar-refractivity contribution in [3.05, 3.63) is 57.4 Å². The third-order valence-corrected chi connectivity index (χ3v) is 5.74. The predicted molar refractivity (Wildman–Crippen MR) is 106 cm³/mol. The number of rotatable bonds is 2. The van der Waals surface area contributed by atoms with Gasteiger partial charge in [0.25, 0.3) is 5.56 Å². The number of benzene rings is 1. The van der Waals surface area contributed by atoms with Crippen LogP contribution in [0.1, 0.15) is 37.0 Å². The third kappa shape index (κ3) is 2.50. The Morgan fingerprint density at radius 3 is 2.83 bits per heavy atom. The minimum Gasteiger partial charge on any atom is -0.458 e. The number of ether oxygens (including phenoxy) is 2. The van der Waals surface area contributed by atoms with Crippen molar-refractivity contribution in [1.29, 1.82) is 0 Å². The Kier molecular flexibility index (Phi) is 3.85. The molecule has 0 amide bonds. The molecule has 1 unspecified atom stereocenters. The van der Waals surface area contributed by atoms with Gasteiger partial charge >= 0.3 is 11.9 Å². The highest BCUT2D eigenvalue weighted by molar-refractivity contribution is 5.87. The number of cyclic esters (lactones) is 1. The summed E-state index contributed by atoms with van der Waals surface area (Å²) in [5.74, 6) is -0.735. The van der Waals surface area contributed by atoms with Crippen molar-refractivity contribution < 1.29 is 24.2 Å². The number of fused-ring (bicyclic) bond motifs is 5.